The molecule has 0 aromatic carbocycles. The van der Waals surface area contributed by atoms with E-state index in [9.17, 15) is 13.2 Å². The predicted molar refractivity (Wildman–Crippen MR) is 70.7 cm³/mol. The number of nitrogens with zero attached hydrogens (tertiary/aromatic N) is 1. The lowest BCUT2D eigenvalue weighted by molar-refractivity contribution is 0.248. The lowest BCUT2D eigenvalue weighted by atomic mass is 10.2. The van der Waals surface area contributed by atoms with Gasteiger partial charge in [-0.15, -0.1) is 11.3 Å². The van der Waals surface area contributed by atoms with Crippen molar-refractivity contribution in [3.63, 3.8) is 0 Å². The summed E-state index contributed by atoms with van der Waals surface area (Å²) >= 11 is 1.37. The average Bonchev–Trinajstić information content (AvgIpc) is 2.78. The van der Waals surface area contributed by atoms with Crippen molar-refractivity contribution in [2.75, 3.05) is 11.1 Å². The minimum absolute atomic E-state index is 0.134. The minimum atomic E-state index is -3.04. The topological polar surface area (TPSA) is 88.2 Å². The Bertz CT molecular complexity index is 552. The number of aryl methyl sites for hydroxylation is 1. The Labute approximate surface area is 110 Å². The molecule has 1 fully saturated rings. The summed E-state index contributed by atoms with van der Waals surface area (Å²) in [5.74, 6) is 0.134. The molecule has 6 nitrogen and oxygen atoms in total. The summed E-state index contributed by atoms with van der Waals surface area (Å²) in [6.45, 7) is 3.52. The van der Waals surface area contributed by atoms with E-state index in [1.54, 1.807) is 13.1 Å². The average molecular weight is 289 g/mol. The number of carbonyl (C=O) groups excluding carboxylic acids is 1. The van der Waals surface area contributed by atoms with Gasteiger partial charge in [0.2, 0.25) is 0 Å². The molecular weight excluding hydrogens is 274 g/mol. The van der Waals surface area contributed by atoms with Gasteiger partial charge >= 0.3 is 6.03 Å². The van der Waals surface area contributed by atoms with Gasteiger partial charge in [0, 0.05) is 17.1 Å². The van der Waals surface area contributed by atoms with Crippen LogP contribution in [0.3, 0.4) is 0 Å². The van der Waals surface area contributed by atoms with Crippen LogP contribution in [0.2, 0.25) is 0 Å². The number of aromatic nitrogens is 1. The molecule has 8 heteroatoms. The van der Waals surface area contributed by atoms with E-state index in [-0.39, 0.29) is 11.8 Å². The van der Waals surface area contributed by atoms with Crippen LogP contribution in [0.4, 0.5) is 9.93 Å². The summed E-state index contributed by atoms with van der Waals surface area (Å²) in [6.07, 6.45) is 2.14. The maximum atomic E-state index is 11.7. The lowest BCUT2D eigenvalue weighted by Gasteiger charge is -2.15. The van der Waals surface area contributed by atoms with Gasteiger partial charge in [-0.2, -0.15) is 0 Å². The summed E-state index contributed by atoms with van der Waals surface area (Å²) in [6, 6.07) is -0.727. The Morgan fingerprint density at radius 3 is 2.78 bits per heavy atom. The van der Waals surface area contributed by atoms with E-state index in [2.05, 4.69) is 15.6 Å². The summed E-state index contributed by atoms with van der Waals surface area (Å²) in [5.41, 5.74) is 0. The molecule has 0 aliphatic carbocycles. The van der Waals surface area contributed by atoms with Crippen LogP contribution in [-0.4, -0.2) is 36.5 Å². The van der Waals surface area contributed by atoms with E-state index in [0.29, 0.717) is 11.6 Å². The molecular formula is C10H15N3O3S2. The number of rotatable bonds is 2. The van der Waals surface area contributed by atoms with E-state index >= 15 is 0 Å². The molecule has 18 heavy (non-hydrogen) atoms. The largest absolute Gasteiger partial charge is 0.334 e. The zero-order chi connectivity index (χ0) is 13.3. The number of hydrogen-bond acceptors (Lipinski definition) is 5. The molecule has 1 aliphatic rings. The molecule has 100 valence electrons. The number of hydrogen-bond donors (Lipinski definition) is 2. The predicted octanol–water partition coefficient (Wildman–Crippen LogP) is 1.15. The third kappa shape index (κ3) is 2.81. The van der Waals surface area contributed by atoms with Crippen LogP contribution in [0.5, 0.6) is 0 Å². The molecule has 1 aromatic heterocycles. The fraction of sp³-hybridized carbons (Fsp3) is 0.600. The second-order valence-electron chi connectivity index (χ2n) is 4.34. The molecule has 1 aliphatic heterocycles. The summed E-state index contributed by atoms with van der Waals surface area (Å²) in [4.78, 5) is 16.7. The number of nitrogens with one attached hydrogen (secondary N) is 2. The Morgan fingerprint density at radius 2 is 2.28 bits per heavy atom. The van der Waals surface area contributed by atoms with Gasteiger partial charge in [0.25, 0.3) is 0 Å². The van der Waals surface area contributed by atoms with Crippen molar-refractivity contribution in [1.82, 2.24) is 10.3 Å². The van der Waals surface area contributed by atoms with Gasteiger partial charge in [-0.1, -0.05) is 0 Å². The zero-order valence-corrected chi connectivity index (χ0v) is 11.8. The Morgan fingerprint density at radius 1 is 1.56 bits per heavy atom. The maximum absolute atomic E-state index is 11.7. The van der Waals surface area contributed by atoms with Gasteiger partial charge in [-0.3, -0.25) is 5.32 Å². The first-order valence-electron chi connectivity index (χ1n) is 5.60. The maximum Gasteiger partial charge on any atom is 0.321 e. The molecule has 2 heterocycles. The number of thiazole rings is 1. The van der Waals surface area contributed by atoms with E-state index < -0.39 is 21.1 Å². The highest BCUT2D eigenvalue weighted by Crippen LogP contribution is 2.21. The first kappa shape index (κ1) is 13.3. The Kier molecular flexibility index (Phi) is 3.58. The molecule has 0 radical (unpaired) electrons. The summed E-state index contributed by atoms with van der Waals surface area (Å²) in [5, 5.41) is 5.27. The van der Waals surface area contributed by atoms with Crippen molar-refractivity contribution < 1.29 is 13.2 Å². The molecule has 2 N–H and O–H groups in total. The van der Waals surface area contributed by atoms with Crippen molar-refractivity contribution >= 4 is 32.3 Å². The van der Waals surface area contributed by atoms with Gasteiger partial charge in [-0.25, -0.2) is 18.2 Å². The van der Waals surface area contributed by atoms with E-state index in [0.717, 1.165) is 4.88 Å². The molecule has 2 rings (SSSR count). The van der Waals surface area contributed by atoms with Crippen molar-refractivity contribution in [3.8, 4) is 0 Å². The van der Waals surface area contributed by atoms with Gasteiger partial charge < -0.3 is 5.32 Å². The second kappa shape index (κ2) is 4.85. The molecule has 1 aromatic rings. The number of carbonyl (C=O) groups is 1. The van der Waals surface area contributed by atoms with Crippen molar-refractivity contribution in [1.29, 1.82) is 0 Å². The highest BCUT2D eigenvalue weighted by Gasteiger charge is 2.37. The van der Waals surface area contributed by atoms with E-state index in [1.165, 1.54) is 11.3 Å². The van der Waals surface area contributed by atoms with Crippen LogP contribution < -0.4 is 10.6 Å². The highest BCUT2D eigenvalue weighted by molar-refractivity contribution is 7.92. The number of anilines is 1. The fourth-order valence-electron chi connectivity index (χ4n) is 1.87. The number of urea groups is 1. The number of amides is 2. The molecule has 0 bridgehead atoms. The minimum Gasteiger partial charge on any atom is -0.334 e. The first-order valence-corrected chi connectivity index (χ1v) is 8.13. The van der Waals surface area contributed by atoms with Crippen molar-refractivity contribution in [3.05, 3.63) is 11.1 Å². The van der Waals surface area contributed by atoms with Crippen LogP contribution in [0.25, 0.3) is 0 Å². The lowest BCUT2D eigenvalue weighted by Crippen LogP contribution is -2.42. The Balaban J connectivity index is 1.93. The van der Waals surface area contributed by atoms with E-state index in [1.807, 2.05) is 6.92 Å². The van der Waals surface area contributed by atoms with Crippen LogP contribution in [0, 0.1) is 6.92 Å². The zero-order valence-electron chi connectivity index (χ0n) is 10.1. The standard InChI is InChI=1S/C10H15N3O3S2/c1-6-5-11-10(17-6)13-9(14)12-8-3-4-18(15,16)7(8)2/h5,7-8H,3-4H2,1-2H3,(H2,11,12,13,14)/t7-,8-/m0/s1. The smallest absolute Gasteiger partial charge is 0.321 e. The van der Waals surface area contributed by atoms with Crippen LogP contribution in [-0.2, 0) is 9.84 Å². The molecule has 0 spiro atoms. The van der Waals surface area contributed by atoms with Crippen molar-refractivity contribution in [2.45, 2.75) is 31.6 Å². The molecule has 2 atom stereocenters. The second-order valence-corrected chi connectivity index (χ2v) is 8.05. The van der Waals surface area contributed by atoms with Gasteiger partial charge in [0.05, 0.1) is 11.0 Å². The Hall–Kier alpha value is -1.15. The number of sulfone groups is 1. The van der Waals surface area contributed by atoms with Gasteiger partial charge in [-0.05, 0) is 20.3 Å². The van der Waals surface area contributed by atoms with Gasteiger partial charge in [0.15, 0.2) is 15.0 Å². The molecule has 0 saturated carbocycles. The molecule has 0 unspecified atom stereocenters. The normalized spacial score (nSPS) is 25.9. The van der Waals surface area contributed by atoms with Gasteiger partial charge in [0.1, 0.15) is 0 Å². The quantitative estimate of drug-likeness (QED) is 0.855. The van der Waals surface area contributed by atoms with Crippen molar-refractivity contribution in [2.24, 2.45) is 0 Å². The third-order valence-electron chi connectivity index (χ3n) is 3.00. The monoisotopic (exact) mass is 289 g/mol. The first-order chi connectivity index (χ1) is 8.38. The molecule has 1 saturated heterocycles. The van der Waals surface area contributed by atoms with Crippen LogP contribution in [0.1, 0.15) is 18.2 Å². The highest BCUT2D eigenvalue weighted by atomic mass is 32.2. The van der Waals surface area contributed by atoms with Crippen LogP contribution in [0.15, 0.2) is 6.20 Å². The SMILES string of the molecule is Cc1cnc(NC(=O)N[C@H]2CCS(=O)(=O)[C@H]2C)s1. The summed E-state index contributed by atoms with van der Waals surface area (Å²) in [7, 11) is -3.04. The van der Waals surface area contributed by atoms with Crippen LogP contribution >= 0.6 is 11.3 Å². The summed E-state index contributed by atoms with van der Waals surface area (Å²) < 4.78 is 23.1. The third-order valence-corrected chi connectivity index (χ3v) is 6.10. The fourth-order valence-corrected chi connectivity index (χ4v) is 4.18. The van der Waals surface area contributed by atoms with E-state index in [4.69, 9.17) is 0 Å². The molecule has 2 amide bonds.